The number of nitrogens with zero attached hydrogens (tertiary/aromatic N) is 1. The first-order chi connectivity index (χ1) is 8.83. The summed E-state index contributed by atoms with van der Waals surface area (Å²) < 4.78 is 11.4. The number of thiazole rings is 1. The molecule has 1 heterocycles. The van der Waals surface area contributed by atoms with Crippen molar-refractivity contribution in [3.63, 3.8) is 0 Å². The largest absolute Gasteiger partial charge is 0.490 e. The summed E-state index contributed by atoms with van der Waals surface area (Å²) >= 11 is 5.02. The minimum atomic E-state index is 0.526. The number of ether oxygens (including phenoxy) is 2. The predicted molar refractivity (Wildman–Crippen MR) is 76.7 cm³/mol. The molecule has 0 aliphatic heterocycles. The molecule has 5 heteroatoms. The van der Waals surface area contributed by atoms with Crippen LogP contribution in [-0.2, 0) is 11.9 Å². The molecule has 0 N–H and O–H groups in total. The molecule has 0 unspecified atom stereocenters. The Morgan fingerprint density at radius 1 is 1.28 bits per heavy atom. The quantitative estimate of drug-likeness (QED) is 0.751. The molecule has 0 bridgehead atoms. The van der Waals surface area contributed by atoms with Crippen molar-refractivity contribution in [2.75, 3.05) is 6.61 Å². The topological polar surface area (TPSA) is 31.4 Å². The zero-order chi connectivity index (χ0) is 12.8. The Morgan fingerprint density at radius 2 is 2.17 bits per heavy atom. The van der Waals surface area contributed by atoms with Crippen molar-refractivity contribution in [2.24, 2.45) is 0 Å². The van der Waals surface area contributed by atoms with Crippen molar-refractivity contribution < 1.29 is 9.47 Å². The van der Waals surface area contributed by atoms with Crippen molar-refractivity contribution in [1.29, 1.82) is 0 Å². The highest BCUT2D eigenvalue weighted by Gasteiger charge is 2.07. The average Bonchev–Trinajstić information content (AvgIpc) is 2.90. The van der Waals surface area contributed by atoms with E-state index in [1.54, 1.807) is 16.8 Å². The second-order valence-electron chi connectivity index (χ2n) is 3.60. The van der Waals surface area contributed by atoms with Gasteiger partial charge in [-0.25, -0.2) is 0 Å². The van der Waals surface area contributed by atoms with Crippen LogP contribution in [0.4, 0.5) is 0 Å². The van der Waals surface area contributed by atoms with E-state index in [1.807, 2.05) is 31.3 Å². The number of aromatic nitrogens is 1. The summed E-state index contributed by atoms with van der Waals surface area (Å²) in [6.45, 7) is 3.12. The van der Waals surface area contributed by atoms with Crippen LogP contribution in [0.2, 0.25) is 0 Å². The zero-order valence-electron chi connectivity index (χ0n) is 10.1. The lowest BCUT2D eigenvalue weighted by Gasteiger charge is -2.12. The third-order valence-corrected chi connectivity index (χ3v) is 3.72. The van der Waals surface area contributed by atoms with Gasteiger partial charge in [0, 0.05) is 11.5 Å². The van der Waals surface area contributed by atoms with Crippen LogP contribution < -0.4 is 9.47 Å². The molecule has 0 radical (unpaired) electrons. The molecule has 0 saturated carbocycles. The van der Waals surface area contributed by atoms with Crippen LogP contribution in [-0.4, -0.2) is 11.6 Å². The highest BCUT2D eigenvalue weighted by Crippen LogP contribution is 2.30. The predicted octanol–water partition coefficient (Wildman–Crippen LogP) is 4.02. The fraction of sp³-hybridized carbons (Fsp3) is 0.308. The second kappa shape index (κ2) is 6.75. The highest BCUT2D eigenvalue weighted by atomic mass is 79.9. The highest BCUT2D eigenvalue weighted by molar-refractivity contribution is 9.08. The monoisotopic (exact) mass is 327 g/mol. The number of halogens is 1. The van der Waals surface area contributed by atoms with E-state index in [1.165, 1.54) is 5.56 Å². The van der Waals surface area contributed by atoms with E-state index < -0.39 is 0 Å². The molecule has 0 aliphatic carbocycles. The summed E-state index contributed by atoms with van der Waals surface area (Å²) in [5, 5.41) is 0.808. The van der Waals surface area contributed by atoms with E-state index in [9.17, 15) is 0 Å². The number of benzene rings is 1. The molecular weight excluding hydrogens is 314 g/mol. The maximum atomic E-state index is 5.76. The summed E-state index contributed by atoms with van der Waals surface area (Å²) in [6, 6.07) is 5.97. The Bertz CT molecular complexity index is 488. The first kappa shape index (κ1) is 13.4. The number of alkyl halides is 1. The van der Waals surface area contributed by atoms with E-state index in [4.69, 9.17) is 9.47 Å². The molecule has 18 heavy (non-hydrogen) atoms. The van der Waals surface area contributed by atoms with Gasteiger partial charge in [0.15, 0.2) is 11.5 Å². The van der Waals surface area contributed by atoms with E-state index in [2.05, 4.69) is 20.9 Å². The van der Waals surface area contributed by atoms with Gasteiger partial charge in [-0.05, 0) is 24.6 Å². The van der Waals surface area contributed by atoms with Crippen molar-refractivity contribution in [3.05, 3.63) is 40.3 Å². The molecule has 0 atom stereocenters. The van der Waals surface area contributed by atoms with Gasteiger partial charge >= 0.3 is 0 Å². The van der Waals surface area contributed by atoms with Crippen molar-refractivity contribution in [2.45, 2.75) is 18.9 Å². The zero-order valence-corrected chi connectivity index (χ0v) is 12.5. The summed E-state index contributed by atoms with van der Waals surface area (Å²) in [5.41, 5.74) is 2.97. The van der Waals surface area contributed by atoms with Gasteiger partial charge in [-0.1, -0.05) is 22.0 Å². The van der Waals surface area contributed by atoms with E-state index >= 15 is 0 Å². The molecule has 0 amide bonds. The first-order valence-electron chi connectivity index (χ1n) is 5.65. The third kappa shape index (κ3) is 3.46. The number of rotatable bonds is 6. The van der Waals surface area contributed by atoms with E-state index in [-0.39, 0.29) is 0 Å². The fourth-order valence-electron chi connectivity index (χ4n) is 1.49. The first-order valence-corrected chi connectivity index (χ1v) is 7.65. The van der Waals surface area contributed by atoms with Gasteiger partial charge in [-0.3, -0.25) is 4.98 Å². The van der Waals surface area contributed by atoms with Gasteiger partial charge < -0.3 is 9.47 Å². The smallest absolute Gasteiger partial charge is 0.161 e. The van der Waals surface area contributed by atoms with Crippen molar-refractivity contribution in [1.82, 2.24) is 4.98 Å². The van der Waals surface area contributed by atoms with Gasteiger partial charge in [0.2, 0.25) is 0 Å². The van der Waals surface area contributed by atoms with Gasteiger partial charge in [-0.15, -0.1) is 11.3 Å². The molecule has 2 rings (SSSR count). The molecular formula is C13H14BrNO2S. The molecule has 0 aliphatic rings. The molecule has 0 saturated heterocycles. The van der Waals surface area contributed by atoms with Crippen LogP contribution in [0.3, 0.4) is 0 Å². The van der Waals surface area contributed by atoms with Gasteiger partial charge in [0.25, 0.3) is 0 Å². The number of hydrogen-bond acceptors (Lipinski definition) is 4. The molecule has 2 aromatic rings. The fourth-order valence-corrected chi connectivity index (χ4v) is 2.34. The SMILES string of the molecule is CCOc1cc(CBr)ccc1OCc1cncs1. The van der Waals surface area contributed by atoms with Crippen LogP contribution >= 0.6 is 27.3 Å². The van der Waals surface area contributed by atoms with Gasteiger partial charge in [-0.2, -0.15) is 0 Å². The normalized spacial score (nSPS) is 10.3. The summed E-state index contributed by atoms with van der Waals surface area (Å²) in [6.07, 6.45) is 1.82. The molecule has 0 spiro atoms. The lowest BCUT2D eigenvalue weighted by atomic mass is 10.2. The average molecular weight is 328 g/mol. The summed E-state index contributed by atoms with van der Waals surface area (Å²) in [5.74, 6) is 1.56. The maximum absolute atomic E-state index is 5.76. The Kier molecular flexibility index (Phi) is 5.01. The maximum Gasteiger partial charge on any atom is 0.161 e. The lowest BCUT2D eigenvalue weighted by molar-refractivity contribution is 0.271. The molecule has 0 fully saturated rings. The minimum absolute atomic E-state index is 0.526. The Hall–Kier alpha value is -1.07. The van der Waals surface area contributed by atoms with Gasteiger partial charge in [0.1, 0.15) is 6.61 Å². The van der Waals surface area contributed by atoms with Crippen LogP contribution in [0.15, 0.2) is 29.9 Å². The van der Waals surface area contributed by atoms with Crippen molar-refractivity contribution in [3.8, 4) is 11.5 Å². The summed E-state index contributed by atoms with van der Waals surface area (Å²) in [7, 11) is 0. The molecule has 1 aromatic carbocycles. The Labute approximate surface area is 119 Å². The van der Waals surface area contributed by atoms with Gasteiger partial charge in [0.05, 0.1) is 17.0 Å². The van der Waals surface area contributed by atoms with Crippen molar-refractivity contribution >= 4 is 27.3 Å². The standard InChI is InChI=1S/C13H14BrNO2S/c1-2-16-13-5-10(6-14)3-4-12(13)17-8-11-7-15-9-18-11/h3-5,7,9H,2,6,8H2,1H3. The molecule has 96 valence electrons. The van der Waals surface area contributed by atoms with Crippen LogP contribution in [0.5, 0.6) is 11.5 Å². The Morgan fingerprint density at radius 3 is 2.83 bits per heavy atom. The minimum Gasteiger partial charge on any atom is -0.490 e. The Balaban J connectivity index is 2.10. The number of hydrogen-bond donors (Lipinski definition) is 0. The van der Waals surface area contributed by atoms with Crippen LogP contribution in [0.25, 0.3) is 0 Å². The van der Waals surface area contributed by atoms with E-state index in [0.717, 1.165) is 21.7 Å². The lowest BCUT2D eigenvalue weighted by Crippen LogP contribution is -1.99. The molecule has 3 nitrogen and oxygen atoms in total. The van der Waals surface area contributed by atoms with Crippen LogP contribution in [0, 0.1) is 0 Å². The van der Waals surface area contributed by atoms with Crippen LogP contribution in [0.1, 0.15) is 17.4 Å². The van der Waals surface area contributed by atoms with E-state index in [0.29, 0.717) is 13.2 Å². The molecule has 1 aromatic heterocycles. The second-order valence-corrected chi connectivity index (χ2v) is 5.14. The summed E-state index contributed by atoms with van der Waals surface area (Å²) in [4.78, 5) is 5.12. The third-order valence-electron chi connectivity index (χ3n) is 2.32.